The highest BCUT2D eigenvalue weighted by atomic mass is 32.2. The standard InChI is InChI=1S/C22H26N8S/c1-14-9-10-23-18(13-14)31-29-17-7-5-16(6-8-17)20-25-21(24-11-12-30(3)4)19-15(2)27-28-22(19)26-20/h5-10,13,29H,11-12H2,1-4H3,(H2,24,25,26,27,28). The van der Waals surface area contributed by atoms with Crippen molar-refractivity contribution in [1.82, 2.24) is 30.0 Å². The maximum absolute atomic E-state index is 4.80. The summed E-state index contributed by atoms with van der Waals surface area (Å²) < 4.78 is 3.33. The lowest BCUT2D eigenvalue weighted by molar-refractivity contribution is 0.425. The van der Waals surface area contributed by atoms with E-state index < -0.39 is 0 Å². The molecule has 0 spiro atoms. The molecule has 0 aliphatic heterocycles. The van der Waals surface area contributed by atoms with Gasteiger partial charge >= 0.3 is 0 Å². The molecule has 160 valence electrons. The second kappa shape index (κ2) is 9.32. The van der Waals surface area contributed by atoms with Gasteiger partial charge in [0.05, 0.1) is 11.1 Å². The van der Waals surface area contributed by atoms with Gasteiger partial charge in [-0.3, -0.25) is 5.10 Å². The molecule has 3 N–H and O–H groups in total. The largest absolute Gasteiger partial charge is 0.368 e. The van der Waals surface area contributed by atoms with Crippen LogP contribution in [0.4, 0.5) is 11.5 Å². The molecule has 9 heteroatoms. The Balaban J connectivity index is 1.53. The molecule has 3 heterocycles. The van der Waals surface area contributed by atoms with E-state index >= 15 is 0 Å². The number of rotatable bonds is 8. The van der Waals surface area contributed by atoms with Crippen LogP contribution >= 0.6 is 11.9 Å². The maximum Gasteiger partial charge on any atom is 0.163 e. The Morgan fingerprint density at radius 3 is 2.61 bits per heavy atom. The van der Waals surface area contributed by atoms with Crippen LogP contribution in [0.2, 0.25) is 0 Å². The van der Waals surface area contributed by atoms with Gasteiger partial charge in [-0.05, 0) is 69.9 Å². The summed E-state index contributed by atoms with van der Waals surface area (Å²) in [6.07, 6.45) is 1.82. The molecule has 0 fully saturated rings. The smallest absolute Gasteiger partial charge is 0.163 e. The molecular formula is C22H26N8S. The van der Waals surface area contributed by atoms with E-state index in [0.717, 1.165) is 51.9 Å². The number of anilines is 2. The van der Waals surface area contributed by atoms with E-state index in [1.807, 2.05) is 49.5 Å². The normalized spacial score (nSPS) is 11.3. The Bertz CT molecular complexity index is 1170. The lowest BCUT2D eigenvalue weighted by atomic mass is 10.2. The molecule has 0 aliphatic rings. The quantitative estimate of drug-likeness (QED) is 0.357. The lowest BCUT2D eigenvalue weighted by Gasteiger charge is -2.12. The second-order valence-electron chi connectivity index (χ2n) is 7.61. The van der Waals surface area contributed by atoms with Crippen LogP contribution < -0.4 is 10.0 Å². The van der Waals surface area contributed by atoms with Gasteiger partial charge in [-0.2, -0.15) is 5.10 Å². The van der Waals surface area contributed by atoms with Gasteiger partial charge in [0.1, 0.15) is 10.8 Å². The fourth-order valence-corrected chi connectivity index (χ4v) is 3.81. The molecule has 0 saturated heterocycles. The number of nitrogens with zero attached hydrogens (tertiary/aromatic N) is 5. The Hall–Kier alpha value is -3.17. The molecule has 0 atom stereocenters. The summed E-state index contributed by atoms with van der Waals surface area (Å²) in [6.45, 7) is 5.71. The lowest BCUT2D eigenvalue weighted by Crippen LogP contribution is -2.21. The Labute approximate surface area is 186 Å². The first-order valence-electron chi connectivity index (χ1n) is 10.1. The van der Waals surface area contributed by atoms with Crippen molar-refractivity contribution in [1.29, 1.82) is 0 Å². The van der Waals surface area contributed by atoms with Crippen molar-refractivity contribution in [2.45, 2.75) is 18.9 Å². The van der Waals surface area contributed by atoms with E-state index in [9.17, 15) is 0 Å². The maximum atomic E-state index is 4.80. The van der Waals surface area contributed by atoms with E-state index in [1.165, 1.54) is 17.5 Å². The molecule has 0 aliphatic carbocycles. The monoisotopic (exact) mass is 434 g/mol. The number of aryl methyl sites for hydroxylation is 2. The SMILES string of the molecule is Cc1ccnc(SNc2ccc(-c3nc(NCCN(C)C)c4c(C)n[nH]c4n3)cc2)c1. The van der Waals surface area contributed by atoms with Gasteiger partial charge in [-0.1, -0.05) is 0 Å². The molecule has 0 radical (unpaired) electrons. The van der Waals surface area contributed by atoms with E-state index in [2.05, 4.69) is 56.1 Å². The molecule has 0 saturated carbocycles. The van der Waals surface area contributed by atoms with Crippen LogP contribution in [0.3, 0.4) is 0 Å². The molecule has 0 bridgehead atoms. The Morgan fingerprint density at radius 2 is 1.87 bits per heavy atom. The number of pyridine rings is 1. The highest BCUT2D eigenvalue weighted by Crippen LogP contribution is 2.27. The van der Waals surface area contributed by atoms with Crippen LogP contribution in [0.1, 0.15) is 11.3 Å². The van der Waals surface area contributed by atoms with Crippen LogP contribution in [0, 0.1) is 13.8 Å². The molecular weight excluding hydrogens is 408 g/mol. The van der Waals surface area contributed by atoms with Crippen LogP contribution in [-0.2, 0) is 0 Å². The van der Waals surface area contributed by atoms with Crippen molar-refractivity contribution in [2.24, 2.45) is 0 Å². The van der Waals surface area contributed by atoms with E-state index in [4.69, 9.17) is 4.98 Å². The zero-order valence-electron chi connectivity index (χ0n) is 18.1. The predicted octanol–water partition coefficient (Wildman–Crippen LogP) is 4.12. The number of hydrogen-bond acceptors (Lipinski definition) is 8. The van der Waals surface area contributed by atoms with Crippen molar-refractivity contribution in [3.63, 3.8) is 0 Å². The third-order valence-electron chi connectivity index (χ3n) is 4.76. The zero-order chi connectivity index (χ0) is 21.8. The number of aromatic amines is 1. The summed E-state index contributed by atoms with van der Waals surface area (Å²) in [5.41, 5.74) is 4.73. The topological polar surface area (TPSA) is 94.6 Å². The van der Waals surface area contributed by atoms with Gasteiger partial charge in [0.25, 0.3) is 0 Å². The number of aromatic nitrogens is 5. The Morgan fingerprint density at radius 1 is 1.06 bits per heavy atom. The number of likely N-dealkylation sites (N-methyl/N-ethyl adjacent to an activating group) is 1. The van der Waals surface area contributed by atoms with Gasteiger partial charge in [-0.25, -0.2) is 15.0 Å². The van der Waals surface area contributed by atoms with Crippen molar-refractivity contribution in [3.8, 4) is 11.4 Å². The average molecular weight is 435 g/mol. The Kier molecular flexibility index (Phi) is 6.34. The molecule has 0 unspecified atom stereocenters. The zero-order valence-corrected chi connectivity index (χ0v) is 18.9. The minimum atomic E-state index is 0.656. The minimum absolute atomic E-state index is 0.656. The van der Waals surface area contributed by atoms with Gasteiger partial charge in [0.2, 0.25) is 0 Å². The van der Waals surface area contributed by atoms with Crippen LogP contribution in [-0.4, -0.2) is 57.2 Å². The molecule has 3 aromatic heterocycles. The van der Waals surface area contributed by atoms with Crippen molar-refractivity contribution >= 4 is 34.5 Å². The average Bonchev–Trinajstić information content (AvgIpc) is 3.13. The first-order valence-corrected chi connectivity index (χ1v) is 10.9. The third kappa shape index (κ3) is 5.12. The van der Waals surface area contributed by atoms with E-state index in [-0.39, 0.29) is 0 Å². The molecule has 4 rings (SSSR count). The number of hydrogen-bond donors (Lipinski definition) is 3. The van der Waals surface area contributed by atoms with Crippen LogP contribution in [0.15, 0.2) is 47.6 Å². The van der Waals surface area contributed by atoms with Crippen molar-refractivity contribution in [2.75, 3.05) is 37.2 Å². The summed E-state index contributed by atoms with van der Waals surface area (Å²) in [5.74, 6) is 1.46. The summed E-state index contributed by atoms with van der Waals surface area (Å²) >= 11 is 1.49. The van der Waals surface area contributed by atoms with Gasteiger partial charge in [0, 0.05) is 42.5 Å². The van der Waals surface area contributed by atoms with E-state index in [0.29, 0.717) is 5.82 Å². The number of nitrogens with one attached hydrogen (secondary N) is 3. The number of H-pyrrole nitrogens is 1. The summed E-state index contributed by atoms with van der Waals surface area (Å²) in [4.78, 5) is 16.0. The molecule has 4 aromatic rings. The number of fused-ring (bicyclic) bond motifs is 1. The predicted molar refractivity (Wildman–Crippen MR) is 127 cm³/mol. The molecule has 8 nitrogen and oxygen atoms in total. The van der Waals surface area contributed by atoms with Crippen molar-refractivity contribution in [3.05, 3.63) is 53.9 Å². The first kappa shape index (κ1) is 21.1. The fourth-order valence-electron chi connectivity index (χ4n) is 3.09. The van der Waals surface area contributed by atoms with E-state index in [1.54, 1.807) is 0 Å². The van der Waals surface area contributed by atoms with Crippen LogP contribution in [0.5, 0.6) is 0 Å². The number of benzene rings is 1. The molecule has 31 heavy (non-hydrogen) atoms. The summed E-state index contributed by atoms with van der Waals surface area (Å²) in [7, 11) is 4.10. The molecule has 0 amide bonds. The summed E-state index contributed by atoms with van der Waals surface area (Å²) in [5, 5.41) is 12.6. The highest BCUT2D eigenvalue weighted by molar-refractivity contribution is 8.00. The van der Waals surface area contributed by atoms with Crippen LogP contribution in [0.25, 0.3) is 22.4 Å². The van der Waals surface area contributed by atoms with Gasteiger partial charge < -0.3 is 14.9 Å². The van der Waals surface area contributed by atoms with Gasteiger partial charge in [0.15, 0.2) is 11.5 Å². The fraction of sp³-hybridized carbons (Fsp3) is 0.273. The van der Waals surface area contributed by atoms with Gasteiger partial charge in [-0.15, -0.1) is 0 Å². The highest BCUT2D eigenvalue weighted by Gasteiger charge is 2.14. The second-order valence-corrected chi connectivity index (χ2v) is 8.44. The third-order valence-corrected chi connectivity index (χ3v) is 5.53. The molecule has 1 aromatic carbocycles. The van der Waals surface area contributed by atoms with Crippen molar-refractivity contribution < 1.29 is 0 Å². The minimum Gasteiger partial charge on any atom is -0.368 e. The summed E-state index contributed by atoms with van der Waals surface area (Å²) in [6, 6.07) is 12.1. The first-order chi connectivity index (χ1) is 15.0.